The van der Waals surface area contributed by atoms with Gasteiger partial charge in [-0.25, -0.2) is 0 Å². The Morgan fingerprint density at radius 1 is 0.309 bits per heavy atom. The predicted octanol–water partition coefficient (Wildman–Crippen LogP) is 0.587. The molecular weight excluding hydrogens is 1460 g/mol. The van der Waals surface area contributed by atoms with Gasteiger partial charge in [0.25, 0.3) is 11.8 Å². The summed E-state index contributed by atoms with van der Waals surface area (Å²) in [7, 11) is 1.64. The average molecular weight is 1590 g/mol. The fraction of sp³-hybridized carbons (Fsp3) is 0.878. The molecule has 5 amide bonds. The highest BCUT2D eigenvalue weighted by atomic mass is 16.6. The maximum absolute atomic E-state index is 13.3. The maximum Gasteiger partial charge on any atom is 0.253 e. The number of carbonyl (C=O) groups excluding carboxylic acids is 7. The second kappa shape index (κ2) is 82.6. The van der Waals surface area contributed by atoms with E-state index in [1.807, 2.05) is 13.8 Å². The second-order valence-corrected chi connectivity index (χ2v) is 24.2. The third-order valence-electron chi connectivity index (χ3n) is 14.9. The molecule has 0 aliphatic carbocycles. The van der Waals surface area contributed by atoms with Crippen LogP contribution in [0, 0.1) is 5.92 Å². The van der Waals surface area contributed by atoms with Crippen LogP contribution in [-0.4, -0.2) is 402 Å². The topological polar surface area (TPSA) is 390 Å². The first-order valence-corrected chi connectivity index (χ1v) is 38.7. The van der Waals surface area contributed by atoms with Gasteiger partial charge in [0.05, 0.1) is 323 Å². The van der Waals surface area contributed by atoms with E-state index in [9.17, 15) is 33.6 Å². The molecule has 36 heteroatoms. The lowest BCUT2D eigenvalue weighted by Gasteiger charge is -2.21. The second-order valence-electron chi connectivity index (χ2n) is 24.2. The third-order valence-corrected chi connectivity index (χ3v) is 14.9. The number of carbonyl (C=O) groups is 7. The van der Waals surface area contributed by atoms with E-state index >= 15 is 0 Å². The minimum Gasteiger partial charge on any atom is -0.382 e. The fourth-order valence-electron chi connectivity index (χ4n) is 9.07. The molecule has 0 fully saturated rings. The van der Waals surface area contributed by atoms with Gasteiger partial charge in [0.2, 0.25) is 17.7 Å². The number of hydrogen-bond donors (Lipinski definition) is 3. The molecule has 1 aliphatic rings. The summed E-state index contributed by atoms with van der Waals surface area (Å²) in [6, 6.07) is -1.60. The van der Waals surface area contributed by atoms with Crippen molar-refractivity contribution in [2.45, 2.75) is 77.8 Å². The maximum atomic E-state index is 13.3. The Morgan fingerprint density at radius 3 is 0.836 bits per heavy atom. The minimum absolute atomic E-state index is 0.0118. The van der Waals surface area contributed by atoms with Gasteiger partial charge < -0.3 is 134 Å². The molecular formula is C74H136N4O32. The van der Waals surface area contributed by atoms with Crippen molar-refractivity contribution >= 4 is 41.1 Å². The molecule has 110 heavy (non-hydrogen) atoms. The SMILES string of the molecule is COCCOCCOCCOCCOCCOCCOCCOCCOCCOCCOCCOCCOCCOCCOCCOCCOCCOCCOCCOCCOCCOCCOCCOCCCC(=O)[C@@H](CCC(=O)N[C@H](C(C)=O)C(C)C)NC(=O)CCOCCCNC(=O)CCN1C(=O)C=CC1=O. The Hall–Kier alpha value is -4.37. The van der Waals surface area contributed by atoms with Gasteiger partial charge in [-0.3, -0.25) is 38.5 Å². The van der Waals surface area contributed by atoms with E-state index < -0.39 is 35.7 Å². The molecule has 36 nitrogen and oxygen atoms in total. The number of nitrogens with zero attached hydrogens (tertiary/aromatic N) is 1. The summed E-state index contributed by atoms with van der Waals surface area (Å²) in [6.45, 7) is 27.2. The summed E-state index contributed by atoms with van der Waals surface area (Å²) >= 11 is 0. The summed E-state index contributed by atoms with van der Waals surface area (Å²) in [4.78, 5) is 87.4. The number of ketones is 2. The Labute approximate surface area is 651 Å². The first-order chi connectivity index (χ1) is 54.0. The molecule has 0 saturated heterocycles. The fourth-order valence-corrected chi connectivity index (χ4v) is 9.07. The van der Waals surface area contributed by atoms with E-state index in [0.717, 1.165) is 17.1 Å². The van der Waals surface area contributed by atoms with Crippen molar-refractivity contribution in [1.29, 1.82) is 0 Å². The number of amides is 5. The predicted molar refractivity (Wildman–Crippen MR) is 397 cm³/mol. The lowest BCUT2D eigenvalue weighted by Crippen LogP contribution is -2.45. The molecule has 1 heterocycles. The van der Waals surface area contributed by atoms with Crippen LogP contribution in [-0.2, 0) is 152 Å². The lowest BCUT2D eigenvalue weighted by molar-refractivity contribution is -0.137. The van der Waals surface area contributed by atoms with Gasteiger partial charge in [0.15, 0.2) is 11.6 Å². The first-order valence-electron chi connectivity index (χ1n) is 38.7. The van der Waals surface area contributed by atoms with E-state index in [4.69, 9.17) is 118 Å². The van der Waals surface area contributed by atoms with Gasteiger partial charge in [-0.2, -0.15) is 0 Å². The van der Waals surface area contributed by atoms with Gasteiger partial charge in [0.1, 0.15) is 0 Å². The molecule has 0 unspecified atom stereocenters. The van der Waals surface area contributed by atoms with Crippen LogP contribution in [0.5, 0.6) is 0 Å². The van der Waals surface area contributed by atoms with Crippen LogP contribution in [0.4, 0.5) is 0 Å². The third kappa shape index (κ3) is 72.6. The molecule has 0 spiro atoms. The highest BCUT2D eigenvalue weighted by Gasteiger charge is 2.26. The Kier molecular flexibility index (Phi) is 77.8. The van der Waals surface area contributed by atoms with Crippen molar-refractivity contribution in [3.8, 4) is 0 Å². The van der Waals surface area contributed by atoms with E-state index in [1.54, 1.807) is 7.11 Å². The van der Waals surface area contributed by atoms with Crippen LogP contribution in [0.3, 0.4) is 0 Å². The molecule has 1 rings (SSSR count). The van der Waals surface area contributed by atoms with Crippen LogP contribution in [0.25, 0.3) is 0 Å². The largest absolute Gasteiger partial charge is 0.382 e. The van der Waals surface area contributed by atoms with Crippen molar-refractivity contribution in [3.63, 3.8) is 0 Å². The molecule has 0 aromatic carbocycles. The van der Waals surface area contributed by atoms with Gasteiger partial charge in [-0.1, -0.05) is 13.8 Å². The quantitative estimate of drug-likeness (QED) is 0.0554. The van der Waals surface area contributed by atoms with Gasteiger partial charge in [-0.15, -0.1) is 0 Å². The van der Waals surface area contributed by atoms with Crippen molar-refractivity contribution in [1.82, 2.24) is 20.9 Å². The number of nitrogens with one attached hydrogen (secondary N) is 3. The zero-order valence-electron chi connectivity index (χ0n) is 66.4. The van der Waals surface area contributed by atoms with Crippen LogP contribution in [0.2, 0.25) is 0 Å². The smallest absolute Gasteiger partial charge is 0.253 e. The number of imide groups is 1. The molecule has 0 radical (unpaired) electrons. The summed E-state index contributed by atoms with van der Waals surface area (Å²) < 4.78 is 137. The highest BCUT2D eigenvalue weighted by molar-refractivity contribution is 6.13. The highest BCUT2D eigenvalue weighted by Crippen LogP contribution is 2.09. The Morgan fingerprint density at radius 2 is 0.564 bits per heavy atom. The zero-order valence-corrected chi connectivity index (χ0v) is 66.4. The molecule has 0 aromatic heterocycles. The van der Waals surface area contributed by atoms with Crippen LogP contribution < -0.4 is 16.0 Å². The van der Waals surface area contributed by atoms with Crippen molar-refractivity contribution in [3.05, 3.63) is 12.2 Å². The van der Waals surface area contributed by atoms with Crippen molar-refractivity contribution < 1.29 is 152 Å². The summed E-state index contributed by atoms with van der Waals surface area (Å²) in [5.41, 5.74) is 0. The van der Waals surface area contributed by atoms with E-state index in [2.05, 4.69) is 16.0 Å². The number of ether oxygens (including phenoxy) is 25. The van der Waals surface area contributed by atoms with Crippen molar-refractivity contribution in [2.24, 2.45) is 5.92 Å². The van der Waals surface area contributed by atoms with Crippen LogP contribution in [0.1, 0.15) is 65.7 Å². The molecule has 2 atom stereocenters. The normalized spacial score (nSPS) is 12.8. The minimum atomic E-state index is -0.939. The summed E-state index contributed by atoms with van der Waals surface area (Å²) in [5.74, 6) is -2.62. The van der Waals surface area contributed by atoms with Crippen LogP contribution in [0.15, 0.2) is 12.2 Å². The zero-order chi connectivity index (χ0) is 79.6. The number of methoxy groups -OCH3 is 1. The van der Waals surface area contributed by atoms with E-state index in [1.165, 1.54) is 6.92 Å². The number of hydrogen-bond acceptors (Lipinski definition) is 32. The number of rotatable bonds is 91. The molecule has 0 saturated carbocycles. The first kappa shape index (κ1) is 104. The summed E-state index contributed by atoms with van der Waals surface area (Å²) in [5, 5.41) is 8.15. The van der Waals surface area contributed by atoms with Gasteiger partial charge in [0, 0.05) is 71.2 Å². The standard InChI is InChI=1S/C74H136N4O32/c1-65(2)74(66(3)79)77-70(82)9-8-67(76-71(83)13-18-87-17-6-14-75-69(81)12-15-78-72(84)10-11-73(78)85)68(80)7-5-16-88-21-22-90-25-26-92-29-30-94-33-34-96-37-38-98-41-42-100-45-46-102-49-50-104-53-54-106-57-58-108-61-62-110-64-63-109-60-59-107-56-55-105-52-51-103-48-47-101-44-43-99-40-39-97-36-35-95-32-31-93-28-27-91-24-23-89-20-19-86-4/h10-11,65,67,74H,5-9,12-64H2,1-4H3,(H,75,81)(H,76,83)(H,77,82)/t67-,74+/m1/s1. The van der Waals surface area contributed by atoms with Crippen LogP contribution >= 0.6 is 0 Å². The van der Waals surface area contributed by atoms with Gasteiger partial charge in [-0.05, 0) is 32.1 Å². The average Bonchev–Trinajstić information content (AvgIpc) is 1.75. The van der Waals surface area contributed by atoms with Gasteiger partial charge >= 0.3 is 0 Å². The molecule has 1 aliphatic heterocycles. The molecule has 644 valence electrons. The molecule has 3 N–H and O–H groups in total. The monoisotopic (exact) mass is 1590 g/mol. The molecule has 0 aromatic rings. The number of Topliss-reactive ketones (excluding diaryl/α,β-unsaturated/α-hetero) is 2. The summed E-state index contributed by atoms with van der Waals surface area (Å²) in [6.07, 6.45) is 3.14. The van der Waals surface area contributed by atoms with Crippen molar-refractivity contribution in [2.75, 3.05) is 344 Å². The van der Waals surface area contributed by atoms with E-state index in [0.29, 0.717) is 323 Å². The Balaban J connectivity index is 1.79. The Bertz CT molecular complexity index is 2150. The van der Waals surface area contributed by atoms with E-state index in [-0.39, 0.29) is 81.9 Å². The molecule has 0 bridgehead atoms. The lowest BCUT2D eigenvalue weighted by atomic mass is 9.99.